The third-order valence-electron chi connectivity index (χ3n) is 8.69. The van der Waals surface area contributed by atoms with E-state index in [-0.39, 0.29) is 30.0 Å². The fourth-order valence-corrected chi connectivity index (χ4v) is 7.44. The highest BCUT2D eigenvalue weighted by Gasteiger charge is 2.53. The zero-order valence-corrected chi connectivity index (χ0v) is 19.8. The van der Waals surface area contributed by atoms with Crippen molar-refractivity contribution in [2.24, 2.45) is 17.8 Å². The van der Waals surface area contributed by atoms with E-state index in [1.54, 1.807) is 15.6 Å². The van der Waals surface area contributed by atoms with Gasteiger partial charge in [-0.15, -0.1) is 0 Å². The summed E-state index contributed by atoms with van der Waals surface area (Å²) in [6, 6.07) is 5.12. The molecule has 1 amide bonds. The van der Waals surface area contributed by atoms with Gasteiger partial charge in [-0.25, -0.2) is 0 Å². The third-order valence-corrected chi connectivity index (χ3v) is 8.69. The number of piperazine rings is 1. The summed E-state index contributed by atoms with van der Waals surface area (Å²) in [5.74, 6) is 1.39. The molecule has 4 aliphatic carbocycles. The van der Waals surface area contributed by atoms with Gasteiger partial charge in [0.1, 0.15) is 6.20 Å². The monoisotopic (exact) mass is 503 g/mol. The molecule has 0 radical (unpaired) electrons. The number of nitro groups is 1. The maximum Gasteiger partial charge on any atom is 0.416 e. The van der Waals surface area contributed by atoms with Gasteiger partial charge in [0.15, 0.2) is 0 Å². The number of alkyl halides is 3. The number of hydrogen-bond acceptors (Lipinski definition) is 5. The molecule has 0 spiro atoms. The molecule has 1 aromatic heterocycles. The van der Waals surface area contributed by atoms with Gasteiger partial charge in [-0.3, -0.25) is 19.6 Å². The number of amides is 1. The van der Waals surface area contributed by atoms with Gasteiger partial charge in [0, 0.05) is 31.9 Å². The number of halogens is 3. The quantitative estimate of drug-likeness (QED) is 0.446. The molecule has 5 aliphatic rings. The van der Waals surface area contributed by atoms with Crippen LogP contribution in [-0.4, -0.2) is 51.7 Å². The van der Waals surface area contributed by atoms with Gasteiger partial charge in [-0.05, 0) is 74.5 Å². The Kier molecular flexibility index (Phi) is 5.31. The second-order valence-corrected chi connectivity index (χ2v) is 11.0. The lowest BCUT2D eigenvalue weighted by molar-refractivity contribution is -0.385. The number of nitrogens with zero attached hydrogens (tertiary/aromatic N) is 5. The topological polar surface area (TPSA) is 84.5 Å². The van der Waals surface area contributed by atoms with E-state index in [0.29, 0.717) is 36.5 Å². The summed E-state index contributed by atoms with van der Waals surface area (Å²) in [6.45, 7) is 1.15. The smallest absolute Gasteiger partial charge is 0.368 e. The summed E-state index contributed by atoms with van der Waals surface area (Å²) in [5, 5.41) is 16.4. The van der Waals surface area contributed by atoms with Gasteiger partial charge in [0.05, 0.1) is 16.0 Å². The Hall–Kier alpha value is -3.11. The van der Waals surface area contributed by atoms with Crippen LogP contribution in [0.25, 0.3) is 0 Å². The molecule has 4 bridgehead atoms. The van der Waals surface area contributed by atoms with Crippen LogP contribution in [0.2, 0.25) is 0 Å². The van der Waals surface area contributed by atoms with E-state index in [0.717, 1.165) is 31.4 Å². The zero-order valence-electron chi connectivity index (χ0n) is 19.8. The van der Waals surface area contributed by atoms with Crippen LogP contribution in [-0.2, 0) is 11.7 Å². The van der Waals surface area contributed by atoms with Crippen molar-refractivity contribution in [2.45, 2.75) is 50.2 Å². The Balaban J connectivity index is 1.20. The van der Waals surface area contributed by atoms with Gasteiger partial charge < -0.3 is 9.80 Å². The third kappa shape index (κ3) is 3.92. The average molecular weight is 504 g/mol. The Bertz CT molecular complexity index is 1170. The van der Waals surface area contributed by atoms with Crippen LogP contribution in [0.5, 0.6) is 0 Å². The fraction of sp³-hybridized carbons (Fsp3) is 0.600. The van der Waals surface area contributed by atoms with E-state index in [4.69, 9.17) is 0 Å². The first kappa shape index (κ1) is 23.3. The zero-order chi connectivity index (χ0) is 25.2. The lowest BCUT2D eigenvalue weighted by atomic mass is 9.53. The first-order chi connectivity index (χ1) is 17.1. The molecule has 7 rings (SSSR count). The van der Waals surface area contributed by atoms with Crippen molar-refractivity contribution in [3.05, 3.63) is 51.8 Å². The minimum atomic E-state index is -4.43. The first-order valence-electron chi connectivity index (χ1n) is 12.6. The van der Waals surface area contributed by atoms with Crippen molar-refractivity contribution in [1.29, 1.82) is 0 Å². The van der Waals surface area contributed by atoms with Crippen LogP contribution in [0.15, 0.2) is 30.5 Å². The molecule has 192 valence electrons. The van der Waals surface area contributed by atoms with E-state index >= 15 is 0 Å². The Labute approximate surface area is 206 Å². The number of hydrogen-bond donors (Lipinski definition) is 0. The lowest BCUT2D eigenvalue weighted by Crippen LogP contribution is -2.52. The van der Waals surface area contributed by atoms with E-state index in [2.05, 4.69) is 5.10 Å². The first-order valence-corrected chi connectivity index (χ1v) is 12.6. The summed E-state index contributed by atoms with van der Waals surface area (Å²) in [6.07, 6.45) is 3.59. The number of carbonyl (C=O) groups excluding carboxylic acids is 1. The normalized spacial score (nSPS) is 29.6. The molecule has 4 saturated carbocycles. The Morgan fingerprint density at radius 1 is 1.03 bits per heavy atom. The highest BCUT2D eigenvalue weighted by molar-refractivity contribution is 5.96. The molecular formula is C25H28F3N5O3. The highest BCUT2D eigenvalue weighted by atomic mass is 19.4. The van der Waals surface area contributed by atoms with E-state index in [9.17, 15) is 28.1 Å². The van der Waals surface area contributed by atoms with Crippen molar-refractivity contribution >= 4 is 17.3 Å². The molecule has 1 aromatic carbocycles. The molecule has 1 saturated heterocycles. The molecule has 11 heteroatoms. The molecule has 0 N–H and O–H groups in total. The summed E-state index contributed by atoms with van der Waals surface area (Å²) in [7, 11) is 0. The van der Waals surface area contributed by atoms with Crippen molar-refractivity contribution in [3.8, 4) is 0 Å². The molecule has 1 aliphatic heterocycles. The van der Waals surface area contributed by atoms with E-state index < -0.39 is 22.6 Å². The van der Waals surface area contributed by atoms with Gasteiger partial charge in [-0.2, -0.15) is 18.3 Å². The molecule has 2 heterocycles. The number of anilines is 1. The molecule has 5 fully saturated rings. The fourth-order valence-electron chi connectivity index (χ4n) is 7.44. The summed E-state index contributed by atoms with van der Waals surface area (Å²) < 4.78 is 41.0. The molecule has 0 atom stereocenters. The number of rotatable bonds is 4. The minimum Gasteiger partial charge on any atom is -0.368 e. The second-order valence-electron chi connectivity index (χ2n) is 11.0. The number of benzene rings is 1. The maximum absolute atomic E-state index is 13.4. The van der Waals surface area contributed by atoms with Gasteiger partial charge in [0.2, 0.25) is 5.69 Å². The highest BCUT2D eigenvalue weighted by Crippen LogP contribution is 2.58. The number of aromatic nitrogens is 2. The summed E-state index contributed by atoms with van der Waals surface area (Å²) in [5.41, 5.74) is -0.919. The van der Waals surface area contributed by atoms with Gasteiger partial charge >= 0.3 is 11.9 Å². The van der Waals surface area contributed by atoms with Crippen LogP contribution < -0.4 is 4.90 Å². The minimum absolute atomic E-state index is 0.136. The standard InChI is InChI=1S/C25H28F3N5O3/c26-25(27,28)19-2-1-3-20(11-19)30-4-6-31(7-5-30)23(34)22-21(33(35)36)15-32(29-22)24-12-16-8-17(13-24)10-18(9-16)14-24/h1-3,11,15-18H,4-10,12-14H2. The molecule has 0 unspecified atom stereocenters. The van der Waals surface area contributed by atoms with Crippen molar-refractivity contribution < 1.29 is 22.9 Å². The van der Waals surface area contributed by atoms with E-state index in [1.807, 2.05) is 0 Å². The van der Waals surface area contributed by atoms with Crippen molar-refractivity contribution in [1.82, 2.24) is 14.7 Å². The van der Waals surface area contributed by atoms with Crippen LogP contribution >= 0.6 is 0 Å². The molecule has 36 heavy (non-hydrogen) atoms. The SMILES string of the molecule is O=C(c1nn(C23CC4CC(CC(C4)C2)C3)cc1[N+](=O)[O-])N1CCN(c2cccc(C(F)(F)F)c2)CC1. The Morgan fingerprint density at radius 3 is 2.19 bits per heavy atom. The maximum atomic E-state index is 13.4. The summed E-state index contributed by atoms with van der Waals surface area (Å²) in [4.78, 5) is 28.0. The second kappa shape index (κ2) is 8.21. The van der Waals surface area contributed by atoms with Crippen LogP contribution in [0.1, 0.15) is 54.6 Å². The van der Waals surface area contributed by atoms with E-state index in [1.165, 1.54) is 36.4 Å². The summed E-state index contributed by atoms with van der Waals surface area (Å²) >= 11 is 0. The van der Waals surface area contributed by atoms with Crippen LogP contribution in [0.3, 0.4) is 0 Å². The molecule has 8 nitrogen and oxygen atoms in total. The lowest BCUT2D eigenvalue weighted by Gasteiger charge is -2.56. The molecule has 2 aromatic rings. The largest absolute Gasteiger partial charge is 0.416 e. The number of carbonyl (C=O) groups is 1. The Morgan fingerprint density at radius 2 is 1.64 bits per heavy atom. The average Bonchev–Trinajstić information content (AvgIpc) is 3.29. The predicted octanol–water partition coefficient (Wildman–Crippen LogP) is 4.70. The van der Waals surface area contributed by atoms with Crippen molar-refractivity contribution in [3.63, 3.8) is 0 Å². The predicted molar refractivity (Wildman–Crippen MR) is 125 cm³/mol. The van der Waals surface area contributed by atoms with Gasteiger partial charge in [-0.1, -0.05) is 6.07 Å². The molecular weight excluding hydrogens is 475 g/mol. The van der Waals surface area contributed by atoms with Crippen molar-refractivity contribution in [2.75, 3.05) is 31.1 Å². The van der Waals surface area contributed by atoms with Crippen LogP contribution in [0.4, 0.5) is 24.5 Å². The van der Waals surface area contributed by atoms with Gasteiger partial charge in [0.25, 0.3) is 5.91 Å². The van der Waals surface area contributed by atoms with Crippen LogP contribution in [0, 0.1) is 27.9 Å².